The van der Waals surface area contributed by atoms with Crippen LogP contribution in [0.15, 0.2) is 22.7 Å². The van der Waals surface area contributed by atoms with E-state index in [4.69, 9.17) is 0 Å². The molecule has 2 rings (SSSR count). The van der Waals surface area contributed by atoms with Crippen molar-refractivity contribution in [3.05, 3.63) is 33.2 Å². The summed E-state index contributed by atoms with van der Waals surface area (Å²) in [6, 6.07) is 6.24. The van der Waals surface area contributed by atoms with Gasteiger partial charge in [0.05, 0.1) is 0 Å². The molecule has 0 aliphatic rings. The molecule has 3 nitrogen and oxygen atoms in total. The second-order valence-electron chi connectivity index (χ2n) is 4.98. The number of aryl methyl sites for hydroxylation is 1. The van der Waals surface area contributed by atoms with E-state index >= 15 is 0 Å². The molecule has 1 heterocycles. The molecular weight excluding hydrogens is 322 g/mol. The van der Waals surface area contributed by atoms with Crippen molar-refractivity contribution in [2.45, 2.75) is 27.3 Å². The Morgan fingerprint density at radius 1 is 1.32 bits per heavy atom. The number of aromatic nitrogens is 2. The van der Waals surface area contributed by atoms with Crippen LogP contribution in [0.3, 0.4) is 0 Å². The minimum Gasteiger partial charge on any atom is -0.310 e. The predicted octanol–water partition coefficient (Wildman–Crippen LogP) is 4.02. The number of rotatable bonds is 5. The van der Waals surface area contributed by atoms with Gasteiger partial charge in [-0.15, -0.1) is 10.2 Å². The predicted molar refractivity (Wildman–Crippen MR) is 84.3 cm³/mol. The van der Waals surface area contributed by atoms with Crippen molar-refractivity contribution in [1.82, 2.24) is 15.5 Å². The van der Waals surface area contributed by atoms with Gasteiger partial charge in [0.1, 0.15) is 10.0 Å². The zero-order valence-corrected chi connectivity index (χ0v) is 13.8. The molecule has 1 aromatic heterocycles. The Morgan fingerprint density at radius 2 is 2.11 bits per heavy atom. The van der Waals surface area contributed by atoms with Crippen molar-refractivity contribution >= 4 is 27.3 Å². The van der Waals surface area contributed by atoms with Crippen LogP contribution in [0.25, 0.3) is 10.6 Å². The molecule has 0 atom stereocenters. The highest BCUT2D eigenvalue weighted by atomic mass is 79.9. The Labute approximate surface area is 126 Å². The number of hydrogen-bond donors (Lipinski definition) is 1. The van der Waals surface area contributed by atoms with E-state index in [2.05, 4.69) is 64.3 Å². The van der Waals surface area contributed by atoms with Gasteiger partial charge in [-0.2, -0.15) is 0 Å². The van der Waals surface area contributed by atoms with Gasteiger partial charge in [-0.1, -0.05) is 47.2 Å². The van der Waals surface area contributed by atoms with Crippen LogP contribution in [0.5, 0.6) is 0 Å². The lowest BCUT2D eigenvalue weighted by Gasteiger charge is -2.04. The number of hydrogen-bond acceptors (Lipinski definition) is 4. The first kappa shape index (κ1) is 14.6. The Kier molecular flexibility index (Phi) is 5.07. The number of benzene rings is 1. The molecule has 0 bridgehead atoms. The van der Waals surface area contributed by atoms with Crippen LogP contribution >= 0.6 is 27.3 Å². The van der Waals surface area contributed by atoms with Crippen LogP contribution in [0.2, 0.25) is 0 Å². The third-order valence-corrected chi connectivity index (χ3v) is 4.16. The maximum atomic E-state index is 4.29. The van der Waals surface area contributed by atoms with E-state index in [1.54, 1.807) is 11.3 Å². The van der Waals surface area contributed by atoms with E-state index in [-0.39, 0.29) is 0 Å². The zero-order valence-electron chi connectivity index (χ0n) is 11.4. The Balaban J connectivity index is 2.08. The molecule has 0 saturated carbocycles. The zero-order chi connectivity index (χ0) is 13.8. The topological polar surface area (TPSA) is 37.8 Å². The van der Waals surface area contributed by atoms with Crippen LogP contribution in [-0.4, -0.2) is 16.7 Å². The second-order valence-corrected chi connectivity index (χ2v) is 6.96. The van der Waals surface area contributed by atoms with Gasteiger partial charge in [-0.3, -0.25) is 0 Å². The van der Waals surface area contributed by atoms with Crippen molar-refractivity contribution < 1.29 is 0 Å². The minimum atomic E-state index is 0.654. The molecule has 1 aromatic carbocycles. The van der Waals surface area contributed by atoms with E-state index in [1.807, 2.05) is 6.07 Å². The summed E-state index contributed by atoms with van der Waals surface area (Å²) in [6.07, 6.45) is 0. The molecule has 1 N–H and O–H groups in total. The average molecular weight is 340 g/mol. The molecule has 102 valence electrons. The standard InChI is InChI=1S/C14H18BrN3S/c1-9(2)7-16-8-13-17-18-14(19-13)12-5-4-11(15)6-10(12)3/h4-6,9,16H,7-8H2,1-3H3. The first-order valence-electron chi connectivity index (χ1n) is 6.36. The van der Waals surface area contributed by atoms with E-state index < -0.39 is 0 Å². The van der Waals surface area contributed by atoms with Gasteiger partial charge in [0.25, 0.3) is 0 Å². The summed E-state index contributed by atoms with van der Waals surface area (Å²) in [6.45, 7) is 8.29. The molecular formula is C14H18BrN3S. The van der Waals surface area contributed by atoms with Crippen LogP contribution < -0.4 is 5.32 Å². The largest absolute Gasteiger partial charge is 0.310 e. The van der Waals surface area contributed by atoms with Gasteiger partial charge < -0.3 is 5.32 Å². The van der Waals surface area contributed by atoms with Crippen molar-refractivity contribution in [2.24, 2.45) is 5.92 Å². The quantitative estimate of drug-likeness (QED) is 0.893. The molecule has 2 aromatic rings. The number of halogens is 1. The highest BCUT2D eigenvalue weighted by Gasteiger charge is 2.09. The molecule has 5 heteroatoms. The SMILES string of the molecule is Cc1cc(Br)ccc1-c1nnc(CNCC(C)C)s1. The molecule has 19 heavy (non-hydrogen) atoms. The Hall–Kier alpha value is -0.780. The van der Waals surface area contributed by atoms with E-state index in [0.29, 0.717) is 5.92 Å². The van der Waals surface area contributed by atoms with Crippen molar-refractivity contribution in [3.8, 4) is 10.6 Å². The van der Waals surface area contributed by atoms with Crippen molar-refractivity contribution in [1.29, 1.82) is 0 Å². The fourth-order valence-electron chi connectivity index (χ4n) is 1.77. The molecule has 0 spiro atoms. The smallest absolute Gasteiger partial charge is 0.148 e. The number of nitrogens with zero attached hydrogens (tertiary/aromatic N) is 2. The summed E-state index contributed by atoms with van der Waals surface area (Å²) in [5.74, 6) is 0.654. The molecule has 0 aliphatic carbocycles. The highest BCUT2D eigenvalue weighted by molar-refractivity contribution is 9.10. The Morgan fingerprint density at radius 3 is 2.79 bits per heavy atom. The second kappa shape index (κ2) is 6.59. The minimum absolute atomic E-state index is 0.654. The summed E-state index contributed by atoms with van der Waals surface area (Å²) < 4.78 is 1.09. The fourth-order valence-corrected chi connectivity index (χ4v) is 3.14. The summed E-state index contributed by atoms with van der Waals surface area (Å²) in [7, 11) is 0. The normalized spacial score (nSPS) is 11.2. The van der Waals surface area contributed by atoms with Crippen LogP contribution in [0, 0.1) is 12.8 Å². The molecule has 0 amide bonds. The maximum Gasteiger partial charge on any atom is 0.148 e. The first-order chi connectivity index (χ1) is 9.06. The average Bonchev–Trinajstić information content (AvgIpc) is 2.77. The van der Waals surface area contributed by atoms with Crippen molar-refractivity contribution in [3.63, 3.8) is 0 Å². The summed E-state index contributed by atoms with van der Waals surface area (Å²) in [5.41, 5.74) is 2.38. The molecule has 0 fully saturated rings. The summed E-state index contributed by atoms with van der Waals surface area (Å²) in [4.78, 5) is 0. The Bertz CT molecular complexity index is 551. The van der Waals surface area contributed by atoms with Crippen LogP contribution in [0.1, 0.15) is 24.4 Å². The van der Waals surface area contributed by atoms with Gasteiger partial charge in [0, 0.05) is 16.6 Å². The van der Waals surface area contributed by atoms with Crippen LogP contribution in [0.4, 0.5) is 0 Å². The molecule has 0 radical (unpaired) electrons. The van der Waals surface area contributed by atoms with Crippen LogP contribution in [-0.2, 0) is 6.54 Å². The third kappa shape index (κ3) is 4.09. The van der Waals surface area contributed by atoms with Gasteiger partial charge in [0.15, 0.2) is 0 Å². The van der Waals surface area contributed by atoms with E-state index in [0.717, 1.165) is 33.1 Å². The molecule has 0 saturated heterocycles. The highest BCUT2D eigenvalue weighted by Crippen LogP contribution is 2.28. The lowest BCUT2D eigenvalue weighted by Crippen LogP contribution is -2.18. The lowest BCUT2D eigenvalue weighted by atomic mass is 10.1. The first-order valence-corrected chi connectivity index (χ1v) is 7.97. The molecule has 0 aliphatic heterocycles. The number of nitrogens with one attached hydrogen (secondary N) is 1. The van der Waals surface area contributed by atoms with E-state index in [9.17, 15) is 0 Å². The van der Waals surface area contributed by atoms with Gasteiger partial charge in [0.2, 0.25) is 0 Å². The third-order valence-electron chi connectivity index (χ3n) is 2.71. The maximum absolute atomic E-state index is 4.29. The lowest BCUT2D eigenvalue weighted by molar-refractivity contribution is 0.550. The van der Waals surface area contributed by atoms with Gasteiger partial charge in [-0.25, -0.2) is 0 Å². The van der Waals surface area contributed by atoms with Gasteiger partial charge >= 0.3 is 0 Å². The van der Waals surface area contributed by atoms with Gasteiger partial charge in [-0.05, 0) is 37.1 Å². The van der Waals surface area contributed by atoms with E-state index in [1.165, 1.54) is 5.56 Å². The molecule has 0 unspecified atom stereocenters. The monoisotopic (exact) mass is 339 g/mol. The summed E-state index contributed by atoms with van der Waals surface area (Å²) >= 11 is 5.14. The fraction of sp³-hybridized carbons (Fsp3) is 0.429. The van der Waals surface area contributed by atoms with Crippen molar-refractivity contribution in [2.75, 3.05) is 6.54 Å². The summed E-state index contributed by atoms with van der Waals surface area (Å²) in [5, 5.41) is 14.0.